The van der Waals surface area contributed by atoms with Gasteiger partial charge in [0.05, 0.1) is 27.9 Å². The molecule has 13 nitrogen and oxygen atoms in total. The zero-order valence-corrected chi connectivity index (χ0v) is 31.4. The molecule has 2 N–H and O–H groups in total. The largest absolute Gasteiger partial charge is 0.490 e. The van der Waals surface area contributed by atoms with Crippen LogP contribution in [0.25, 0.3) is 10.9 Å². The molecule has 4 fully saturated rings. The molecule has 0 radical (unpaired) electrons. The number of ether oxygens (including phenoxy) is 1. The molecule has 0 spiro atoms. The molecule has 2 saturated heterocycles. The van der Waals surface area contributed by atoms with Crippen LogP contribution in [0.4, 0.5) is 16.3 Å². The van der Waals surface area contributed by atoms with Crippen LogP contribution in [0.15, 0.2) is 60.8 Å². The number of hydrogen-bond acceptors (Lipinski definition) is 9. The zero-order chi connectivity index (χ0) is 36.5. The standard InChI is InChI=1S/C39H42ClN9O4.ClH/c40-32-22-30(7-4-26(32)23-41)53-29-8-5-27(6-9-29)42-38(51)33-10-11-36(45-44-33)47-18-16-46(17-19-47)24-25-20-28(21-25)48-14-12-31-34(48)2-1-3-35(31)49-15-13-37(50)43-39(49)52;/h1-4,7,10-12,14,22,25,27-29H,5-6,8-9,13,15-21,24H2,(H,42,51)(H,43,50,52);1H/t25-,27-,28+,29-;. The summed E-state index contributed by atoms with van der Waals surface area (Å²) in [5.74, 6) is 1.63. The minimum atomic E-state index is -0.358. The van der Waals surface area contributed by atoms with Crippen molar-refractivity contribution in [1.29, 1.82) is 5.26 Å². The van der Waals surface area contributed by atoms with Crippen molar-refractivity contribution in [3.05, 3.63) is 77.1 Å². The molecule has 8 rings (SSSR count). The van der Waals surface area contributed by atoms with E-state index >= 15 is 0 Å². The van der Waals surface area contributed by atoms with Gasteiger partial charge in [0.15, 0.2) is 11.5 Å². The predicted molar refractivity (Wildman–Crippen MR) is 207 cm³/mol. The van der Waals surface area contributed by atoms with Crippen molar-refractivity contribution >= 4 is 64.3 Å². The first-order valence-electron chi connectivity index (χ1n) is 18.5. The van der Waals surface area contributed by atoms with Crippen LogP contribution >= 0.6 is 24.0 Å². The number of piperazine rings is 1. The average Bonchev–Trinajstić information content (AvgIpc) is 3.58. The average molecular weight is 773 g/mol. The minimum Gasteiger partial charge on any atom is -0.490 e. The second kappa shape index (κ2) is 16.2. The Morgan fingerprint density at radius 1 is 0.981 bits per heavy atom. The molecule has 2 aromatic carbocycles. The molecule has 2 aromatic heterocycles. The smallest absolute Gasteiger partial charge is 0.328 e. The number of aromatic nitrogens is 3. The van der Waals surface area contributed by atoms with E-state index in [0.717, 1.165) is 93.7 Å². The van der Waals surface area contributed by atoms with Crippen molar-refractivity contribution in [3.63, 3.8) is 0 Å². The lowest BCUT2D eigenvalue weighted by atomic mass is 9.79. The summed E-state index contributed by atoms with van der Waals surface area (Å²) in [6.45, 7) is 5.08. The van der Waals surface area contributed by atoms with Crippen molar-refractivity contribution in [1.82, 2.24) is 30.3 Å². The lowest BCUT2D eigenvalue weighted by Gasteiger charge is -2.42. The number of fused-ring (bicyclic) bond motifs is 1. The first-order chi connectivity index (χ1) is 25.8. The third-order valence-corrected chi connectivity index (χ3v) is 11.5. The van der Waals surface area contributed by atoms with Gasteiger partial charge in [-0.3, -0.25) is 24.7 Å². The number of hydrogen-bond donors (Lipinski definition) is 2. The van der Waals surface area contributed by atoms with Gasteiger partial charge in [-0.05, 0) is 86.9 Å². The summed E-state index contributed by atoms with van der Waals surface area (Å²) < 4.78 is 8.43. The van der Waals surface area contributed by atoms with Crippen LogP contribution in [0.1, 0.15) is 67.0 Å². The Kier molecular flexibility index (Phi) is 11.2. The minimum absolute atomic E-state index is 0. The fourth-order valence-corrected chi connectivity index (χ4v) is 8.39. The molecule has 15 heteroatoms. The van der Waals surface area contributed by atoms with Crippen molar-refractivity contribution in [3.8, 4) is 11.8 Å². The maximum Gasteiger partial charge on any atom is 0.328 e. The molecule has 2 aliphatic heterocycles. The molecule has 282 valence electrons. The molecule has 0 bridgehead atoms. The molecule has 2 aliphatic carbocycles. The molecule has 0 atom stereocenters. The van der Waals surface area contributed by atoms with Gasteiger partial charge in [0, 0.05) is 75.4 Å². The van der Waals surface area contributed by atoms with Crippen molar-refractivity contribution in [2.24, 2.45) is 5.92 Å². The number of amides is 4. The van der Waals surface area contributed by atoms with Crippen molar-refractivity contribution < 1.29 is 19.1 Å². The van der Waals surface area contributed by atoms with Gasteiger partial charge in [0.2, 0.25) is 5.91 Å². The van der Waals surface area contributed by atoms with Crippen LogP contribution in [0.2, 0.25) is 5.02 Å². The van der Waals surface area contributed by atoms with E-state index in [2.05, 4.69) is 59.6 Å². The fourth-order valence-electron chi connectivity index (χ4n) is 8.17. The Bertz CT molecular complexity index is 2050. The van der Waals surface area contributed by atoms with Crippen LogP contribution in [0, 0.1) is 17.2 Å². The third kappa shape index (κ3) is 7.97. The number of carbonyl (C=O) groups is 3. The van der Waals surface area contributed by atoms with Crippen molar-refractivity contribution in [2.45, 2.75) is 63.1 Å². The van der Waals surface area contributed by atoms with Gasteiger partial charge in [-0.25, -0.2) is 4.79 Å². The van der Waals surface area contributed by atoms with Gasteiger partial charge in [-0.15, -0.1) is 22.6 Å². The second-order valence-corrected chi connectivity index (χ2v) is 15.0. The van der Waals surface area contributed by atoms with Gasteiger partial charge in [-0.1, -0.05) is 17.7 Å². The molecule has 0 unspecified atom stereocenters. The number of rotatable bonds is 9. The Morgan fingerprint density at radius 3 is 2.48 bits per heavy atom. The number of imide groups is 1. The number of carbonyl (C=O) groups excluding carboxylic acids is 3. The molecule has 4 aliphatic rings. The number of benzene rings is 2. The SMILES string of the molecule is Cl.N#Cc1ccc(O[C@H]2CC[C@H](NC(=O)c3ccc(N4CCN(C[C@H]5C[C@@H](n6ccc7c(N8CCC(=O)NC8=O)cccc76)C5)CC4)nn3)CC2)cc1Cl. The molecule has 2 saturated carbocycles. The maximum absolute atomic E-state index is 13.0. The summed E-state index contributed by atoms with van der Waals surface area (Å²) in [5.41, 5.74) is 2.71. The molecule has 4 heterocycles. The van der Waals surface area contributed by atoms with E-state index in [1.165, 1.54) is 0 Å². The Labute approximate surface area is 325 Å². The van der Waals surface area contributed by atoms with E-state index in [-0.39, 0.29) is 42.4 Å². The maximum atomic E-state index is 13.0. The summed E-state index contributed by atoms with van der Waals surface area (Å²) >= 11 is 6.14. The second-order valence-electron chi connectivity index (χ2n) is 14.6. The predicted octanol–water partition coefficient (Wildman–Crippen LogP) is 5.72. The Hall–Kier alpha value is -4.90. The summed E-state index contributed by atoms with van der Waals surface area (Å²) in [6, 6.07) is 19.1. The molecule has 4 aromatic rings. The highest BCUT2D eigenvalue weighted by Crippen LogP contribution is 2.42. The quantitative estimate of drug-likeness (QED) is 0.218. The summed E-state index contributed by atoms with van der Waals surface area (Å²) in [4.78, 5) is 43.6. The number of nitrogens with zero attached hydrogens (tertiary/aromatic N) is 7. The van der Waals surface area contributed by atoms with Crippen LogP contribution in [-0.2, 0) is 4.79 Å². The number of halogens is 2. The van der Waals surface area contributed by atoms with Crippen LogP contribution in [0.3, 0.4) is 0 Å². The number of nitriles is 1. The number of anilines is 2. The van der Waals surface area contributed by atoms with Crippen molar-refractivity contribution in [2.75, 3.05) is 49.1 Å². The molecule has 54 heavy (non-hydrogen) atoms. The van der Waals surface area contributed by atoms with Gasteiger partial charge < -0.3 is 19.5 Å². The van der Waals surface area contributed by atoms with E-state index < -0.39 is 0 Å². The van der Waals surface area contributed by atoms with E-state index in [9.17, 15) is 14.4 Å². The summed E-state index contributed by atoms with van der Waals surface area (Å²) in [7, 11) is 0. The van der Waals surface area contributed by atoms with E-state index in [0.29, 0.717) is 47.0 Å². The first kappa shape index (κ1) is 37.4. The van der Waals surface area contributed by atoms with Crippen LogP contribution < -0.4 is 25.2 Å². The Balaban J connectivity index is 0.00000450. The topological polar surface area (TPSA) is 149 Å². The third-order valence-electron chi connectivity index (χ3n) is 11.2. The van der Waals surface area contributed by atoms with Crippen LogP contribution in [0.5, 0.6) is 5.75 Å². The highest BCUT2D eigenvalue weighted by molar-refractivity contribution is 6.31. The van der Waals surface area contributed by atoms with Gasteiger partial charge in [0.1, 0.15) is 11.8 Å². The van der Waals surface area contributed by atoms with Gasteiger partial charge >= 0.3 is 6.03 Å². The fraction of sp³-hybridized carbons (Fsp3) is 0.436. The van der Waals surface area contributed by atoms with Crippen LogP contribution in [-0.4, -0.2) is 88.9 Å². The highest BCUT2D eigenvalue weighted by atomic mass is 35.5. The van der Waals surface area contributed by atoms with E-state index in [4.69, 9.17) is 21.6 Å². The Morgan fingerprint density at radius 2 is 1.78 bits per heavy atom. The molecular weight excluding hydrogens is 729 g/mol. The monoisotopic (exact) mass is 771 g/mol. The number of urea groups is 1. The zero-order valence-electron chi connectivity index (χ0n) is 29.8. The van der Waals surface area contributed by atoms with E-state index in [1.54, 1.807) is 29.2 Å². The normalized spacial score (nSPS) is 23.2. The lowest BCUT2D eigenvalue weighted by Crippen LogP contribution is -2.49. The molecule has 4 amide bonds. The lowest BCUT2D eigenvalue weighted by molar-refractivity contribution is -0.120. The summed E-state index contributed by atoms with van der Waals surface area (Å²) in [6.07, 6.45) is 7.91. The van der Waals surface area contributed by atoms with Gasteiger partial charge in [-0.2, -0.15) is 5.26 Å². The van der Waals surface area contributed by atoms with Gasteiger partial charge in [0.25, 0.3) is 5.91 Å². The first-order valence-corrected chi connectivity index (χ1v) is 18.9. The highest BCUT2D eigenvalue weighted by Gasteiger charge is 2.34. The van der Waals surface area contributed by atoms with E-state index in [1.807, 2.05) is 18.2 Å². The number of nitrogens with one attached hydrogen (secondary N) is 2. The summed E-state index contributed by atoms with van der Waals surface area (Å²) in [5, 5.41) is 24.7. The molecular formula is C39H43Cl2N9O4.